The normalized spacial score (nSPS) is 29.9. The molecule has 0 radical (unpaired) electrons. The topological polar surface area (TPSA) is 17.1 Å². The molecule has 1 atom stereocenters. The van der Waals surface area contributed by atoms with Gasteiger partial charge in [0.05, 0.1) is 0 Å². The summed E-state index contributed by atoms with van der Waals surface area (Å²) in [6.07, 6.45) is 6.73. The van der Waals surface area contributed by atoms with Gasteiger partial charge in [-0.05, 0) is 20.3 Å². The van der Waals surface area contributed by atoms with Crippen LogP contribution in [-0.2, 0) is 4.79 Å². The lowest BCUT2D eigenvalue weighted by molar-refractivity contribution is -0.123. The third-order valence-corrected chi connectivity index (χ3v) is 2.72. The zero-order chi connectivity index (χ0) is 8.48. The van der Waals surface area contributed by atoms with E-state index in [1.807, 2.05) is 25.2 Å². The van der Waals surface area contributed by atoms with Gasteiger partial charge in [-0.3, -0.25) is 4.79 Å². The molecule has 11 heavy (non-hydrogen) atoms. The standard InChI is InChI=1S/C9H11BrO/c1-7(11)9(2)5-3-8(10)4-6-9/h3-5H,6H2,1-2H3/t9-/m1/s1. The minimum atomic E-state index is -0.267. The summed E-state index contributed by atoms with van der Waals surface area (Å²) < 4.78 is 1.07. The number of rotatable bonds is 1. The Morgan fingerprint density at radius 1 is 1.73 bits per heavy atom. The van der Waals surface area contributed by atoms with Crippen molar-refractivity contribution in [3.05, 3.63) is 22.7 Å². The molecule has 0 amide bonds. The Labute approximate surface area is 75.3 Å². The first kappa shape index (κ1) is 8.72. The first-order valence-corrected chi connectivity index (χ1v) is 4.40. The fraction of sp³-hybridized carbons (Fsp3) is 0.444. The lowest BCUT2D eigenvalue weighted by Gasteiger charge is -2.23. The summed E-state index contributed by atoms with van der Waals surface area (Å²) in [6, 6.07) is 0. The lowest BCUT2D eigenvalue weighted by Crippen LogP contribution is -2.23. The molecule has 0 unspecified atom stereocenters. The van der Waals surface area contributed by atoms with E-state index < -0.39 is 0 Å². The van der Waals surface area contributed by atoms with Gasteiger partial charge in [-0.1, -0.05) is 34.2 Å². The monoisotopic (exact) mass is 214 g/mol. The van der Waals surface area contributed by atoms with Crippen LogP contribution >= 0.6 is 15.9 Å². The van der Waals surface area contributed by atoms with Crippen molar-refractivity contribution in [3.63, 3.8) is 0 Å². The molecule has 0 aromatic carbocycles. The van der Waals surface area contributed by atoms with Gasteiger partial charge >= 0.3 is 0 Å². The average molecular weight is 215 g/mol. The molecule has 0 saturated carbocycles. The van der Waals surface area contributed by atoms with Crippen LogP contribution < -0.4 is 0 Å². The van der Waals surface area contributed by atoms with Gasteiger partial charge in [0.1, 0.15) is 5.78 Å². The van der Waals surface area contributed by atoms with Crippen LogP contribution in [0.5, 0.6) is 0 Å². The Hall–Kier alpha value is -0.370. The van der Waals surface area contributed by atoms with Crippen LogP contribution in [0.2, 0.25) is 0 Å². The number of ketones is 1. The molecule has 0 aromatic heterocycles. The van der Waals surface area contributed by atoms with E-state index in [2.05, 4.69) is 15.9 Å². The average Bonchev–Trinajstić information content (AvgIpc) is 1.95. The SMILES string of the molecule is CC(=O)[C@]1(C)C=CC(Br)=CC1. The van der Waals surface area contributed by atoms with Gasteiger partial charge in [-0.2, -0.15) is 0 Å². The second kappa shape index (κ2) is 2.94. The Morgan fingerprint density at radius 2 is 2.36 bits per heavy atom. The van der Waals surface area contributed by atoms with Gasteiger partial charge in [0.25, 0.3) is 0 Å². The number of carbonyl (C=O) groups excluding carboxylic acids is 1. The molecule has 1 aliphatic rings. The lowest BCUT2D eigenvalue weighted by atomic mass is 9.80. The van der Waals surface area contributed by atoms with E-state index in [9.17, 15) is 4.79 Å². The molecule has 2 heteroatoms. The highest BCUT2D eigenvalue weighted by molar-refractivity contribution is 9.11. The van der Waals surface area contributed by atoms with Gasteiger partial charge < -0.3 is 0 Å². The molecule has 0 aliphatic heterocycles. The number of hydrogen-bond acceptors (Lipinski definition) is 1. The number of hydrogen-bond donors (Lipinski definition) is 0. The van der Waals surface area contributed by atoms with E-state index in [1.54, 1.807) is 6.92 Å². The molecule has 0 fully saturated rings. The second-order valence-electron chi connectivity index (χ2n) is 3.10. The zero-order valence-electron chi connectivity index (χ0n) is 6.73. The summed E-state index contributed by atoms with van der Waals surface area (Å²) >= 11 is 3.35. The summed E-state index contributed by atoms with van der Waals surface area (Å²) in [5, 5.41) is 0. The van der Waals surface area contributed by atoms with Crippen molar-refractivity contribution in [2.24, 2.45) is 5.41 Å². The van der Waals surface area contributed by atoms with Crippen molar-refractivity contribution in [2.45, 2.75) is 20.3 Å². The first-order chi connectivity index (χ1) is 5.04. The highest BCUT2D eigenvalue weighted by atomic mass is 79.9. The highest BCUT2D eigenvalue weighted by Crippen LogP contribution is 2.31. The van der Waals surface area contributed by atoms with E-state index in [0.29, 0.717) is 0 Å². The maximum Gasteiger partial charge on any atom is 0.139 e. The Kier molecular flexibility index (Phi) is 2.33. The van der Waals surface area contributed by atoms with E-state index >= 15 is 0 Å². The molecule has 1 rings (SSSR count). The summed E-state index contributed by atoms with van der Waals surface area (Å²) in [6.45, 7) is 3.60. The Morgan fingerprint density at radius 3 is 2.73 bits per heavy atom. The summed E-state index contributed by atoms with van der Waals surface area (Å²) in [7, 11) is 0. The molecule has 1 nitrogen and oxygen atoms in total. The van der Waals surface area contributed by atoms with E-state index in [1.165, 1.54) is 0 Å². The van der Waals surface area contributed by atoms with Crippen LogP contribution in [0.3, 0.4) is 0 Å². The number of allylic oxidation sites excluding steroid dienone is 4. The molecule has 1 aliphatic carbocycles. The molecule has 60 valence electrons. The minimum absolute atomic E-state index is 0.227. The zero-order valence-corrected chi connectivity index (χ0v) is 8.31. The van der Waals surface area contributed by atoms with Crippen molar-refractivity contribution in [1.82, 2.24) is 0 Å². The smallest absolute Gasteiger partial charge is 0.139 e. The first-order valence-electron chi connectivity index (χ1n) is 3.60. The van der Waals surface area contributed by atoms with Crippen molar-refractivity contribution >= 4 is 21.7 Å². The molecule has 0 aromatic rings. The largest absolute Gasteiger partial charge is 0.299 e. The number of Topliss-reactive ketones (excluding diaryl/α,β-unsaturated/α-hetero) is 1. The van der Waals surface area contributed by atoms with Gasteiger partial charge in [-0.25, -0.2) is 0 Å². The number of halogens is 1. The van der Waals surface area contributed by atoms with Crippen LogP contribution in [0.15, 0.2) is 22.7 Å². The van der Waals surface area contributed by atoms with Gasteiger partial charge in [-0.15, -0.1) is 0 Å². The second-order valence-corrected chi connectivity index (χ2v) is 4.02. The fourth-order valence-corrected chi connectivity index (χ4v) is 1.26. The molecule has 0 saturated heterocycles. The molecule has 0 heterocycles. The van der Waals surface area contributed by atoms with E-state index in [0.717, 1.165) is 10.9 Å². The summed E-state index contributed by atoms with van der Waals surface area (Å²) in [5.41, 5.74) is -0.267. The van der Waals surface area contributed by atoms with Gasteiger partial charge in [0.2, 0.25) is 0 Å². The molecule has 0 spiro atoms. The third-order valence-electron chi connectivity index (χ3n) is 2.14. The predicted molar refractivity (Wildman–Crippen MR) is 49.6 cm³/mol. The van der Waals surface area contributed by atoms with Crippen molar-refractivity contribution in [2.75, 3.05) is 0 Å². The predicted octanol–water partition coefficient (Wildman–Crippen LogP) is 2.82. The van der Waals surface area contributed by atoms with Gasteiger partial charge in [0.15, 0.2) is 0 Å². The molecule has 0 bridgehead atoms. The molecule has 0 N–H and O–H groups in total. The van der Waals surface area contributed by atoms with Crippen molar-refractivity contribution in [3.8, 4) is 0 Å². The fourth-order valence-electron chi connectivity index (χ4n) is 0.970. The summed E-state index contributed by atoms with van der Waals surface area (Å²) in [5.74, 6) is 0.227. The van der Waals surface area contributed by atoms with Gasteiger partial charge in [0, 0.05) is 9.90 Å². The quantitative estimate of drug-likeness (QED) is 0.657. The number of carbonyl (C=O) groups is 1. The highest BCUT2D eigenvalue weighted by Gasteiger charge is 2.26. The van der Waals surface area contributed by atoms with Crippen LogP contribution in [-0.4, -0.2) is 5.78 Å². The van der Waals surface area contributed by atoms with Crippen LogP contribution in [0.4, 0.5) is 0 Å². The van der Waals surface area contributed by atoms with Crippen LogP contribution in [0.25, 0.3) is 0 Å². The maximum atomic E-state index is 11.1. The minimum Gasteiger partial charge on any atom is -0.299 e. The third kappa shape index (κ3) is 1.80. The Bertz CT molecular complexity index is 240. The van der Waals surface area contributed by atoms with Crippen LogP contribution in [0.1, 0.15) is 20.3 Å². The molecular weight excluding hydrogens is 204 g/mol. The van der Waals surface area contributed by atoms with E-state index in [-0.39, 0.29) is 11.2 Å². The van der Waals surface area contributed by atoms with Crippen molar-refractivity contribution in [1.29, 1.82) is 0 Å². The molecular formula is C9H11BrO. The summed E-state index contributed by atoms with van der Waals surface area (Å²) in [4.78, 5) is 11.1. The van der Waals surface area contributed by atoms with E-state index in [4.69, 9.17) is 0 Å². The maximum absolute atomic E-state index is 11.1. The Balaban J connectivity index is 2.82. The van der Waals surface area contributed by atoms with Crippen LogP contribution in [0, 0.1) is 5.41 Å². The van der Waals surface area contributed by atoms with Crippen molar-refractivity contribution < 1.29 is 4.79 Å².